The van der Waals surface area contributed by atoms with Gasteiger partial charge in [-0.3, -0.25) is 9.89 Å². The molecule has 37 heavy (non-hydrogen) atoms. The summed E-state index contributed by atoms with van der Waals surface area (Å²) >= 11 is 0. The summed E-state index contributed by atoms with van der Waals surface area (Å²) in [5.41, 5.74) is 10.4. The normalized spacial score (nSPS) is 14.5. The minimum Gasteiger partial charge on any atom is -0.384 e. The number of hydrogen-bond donors (Lipinski definition) is 3. The SMILES string of the molecule is Cn1c(C(=O)N2CC(F)(F)C2)cc2ccc(-c3nccc(Nc4ccc(-c5cn[nH]c5N)cc4)n3)cc21. The third kappa shape index (κ3) is 4.14. The molecule has 0 bridgehead atoms. The Balaban J connectivity index is 1.23. The molecule has 3 aromatic heterocycles. The van der Waals surface area contributed by atoms with Gasteiger partial charge in [0.05, 0.1) is 19.3 Å². The van der Waals surface area contributed by atoms with E-state index >= 15 is 0 Å². The fraction of sp³-hybridized carbons (Fsp3) is 0.154. The molecule has 1 saturated heterocycles. The monoisotopic (exact) mass is 500 g/mol. The number of rotatable bonds is 5. The largest absolute Gasteiger partial charge is 0.384 e. The quantitative estimate of drug-likeness (QED) is 0.328. The number of nitrogens with zero attached hydrogens (tertiary/aromatic N) is 5. The fourth-order valence-corrected chi connectivity index (χ4v) is 4.47. The standard InChI is InChI=1S/C26H22F2N8O/c1-35-20-11-17(3-2-16(20)10-21(35)25(37)36-13-26(27,28)14-36)24-30-9-8-22(33-24)32-18-6-4-15(5-7-18)19-12-31-34-23(19)29/h2-12H,13-14H2,1H3,(H3,29,31,34)(H,30,32,33). The first-order valence-electron chi connectivity index (χ1n) is 11.5. The molecule has 0 atom stereocenters. The van der Waals surface area contributed by atoms with Crippen molar-refractivity contribution in [3.63, 3.8) is 0 Å². The number of nitrogen functional groups attached to an aromatic ring is 1. The maximum absolute atomic E-state index is 13.2. The third-order valence-electron chi connectivity index (χ3n) is 6.45. The second kappa shape index (κ2) is 8.40. The highest BCUT2D eigenvalue weighted by atomic mass is 19.3. The summed E-state index contributed by atoms with van der Waals surface area (Å²) in [5, 5.41) is 10.8. The number of aromatic nitrogens is 5. The summed E-state index contributed by atoms with van der Waals surface area (Å²) in [6, 6.07) is 16.8. The Morgan fingerprint density at radius 2 is 1.84 bits per heavy atom. The van der Waals surface area contributed by atoms with Gasteiger partial charge in [0, 0.05) is 41.0 Å². The summed E-state index contributed by atoms with van der Waals surface area (Å²) in [5.74, 6) is -1.59. The number of anilines is 3. The molecular weight excluding hydrogens is 478 g/mol. The van der Waals surface area contributed by atoms with Gasteiger partial charge in [-0.1, -0.05) is 24.3 Å². The van der Waals surface area contributed by atoms with Crippen LogP contribution in [-0.2, 0) is 7.05 Å². The summed E-state index contributed by atoms with van der Waals surface area (Å²) in [6.07, 6.45) is 3.35. The minimum atomic E-state index is -2.81. The van der Waals surface area contributed by atoms with Crippen molar-refractivity contribution in [3.8, 4) is 22.5 Å². The van der Waals surface area contributed by atoms with Crippen molar-refractivity contribution in [1.82, 2.24) is 29.6 Å². The lowest BCUT2D eigenvalue weighted by atomic mass is 10.1. The molecule has 186 valence electrons. The van der Waals surface area contributed by atoms with Crippen molar-refractivity contribution in [2.24, 2.45) is 7.05 Å². The first-order valence-corrected chi connectivity index (χ1v) is 11.5. The molecule has 0 spiro atoms. The maximum Gasteiger partial charge on any atom is 0.282 e. The molecule has 9 nitrogen and oxygen atoms in total. The number of aryl methyl sites for hydroxylation is 1. The fourth-order valence-electron chi connectivity index (χ4n) is 4.47. The van der Waals surface area contributed by atoms with Crippen LogP contribution in [0.15, 0.2) is 67.0 Å². The number of H-pyrrole nitrogens is 1. The molecule has 4 heterocycles. The molecule has 2 aromatic carbocycles. The van der Waals surface area contributed by atoms with Crippen LogP contribution in [0, 0.1) is 0 Å². The molecule has 1 aliphatic heterocycles. The predicted molar refractivity (Wildman–Crippen MR) is 137 cm³/mol. The molecule has 0 aliphatic carbocycles. The molecular formula is C26H22F2N8O. The zero-order valence-corrected chi connectivity index (χ0v) is 19.7. The van der Waals surface area contributed by atoms with Crippen LogP contribution >= 0.6 is 0 Å². The second-order valence-corrected chi connectivity index (χ2v) is 9.04. The second-order valence-electron chi connectivity index (χ2n) is 9.04. The van der Waals surface area contributed by atoms with E-state index in [1.165, 1.54) is 0 Å². The number of alkyl halides is 2. The van der Waals surface area contributed by atoms with Crippen LogP contribution in [-0.4, -0.2) is 54.6 Å². The summed E-state index contributed by atoms with van der Waals surface area (Å²) in [6.45, 7) is -1.10. The van der Waals surface area contributed by atoms with Gasteiger partial charge in [-0.05, 0) is 35.9 Å². The smallest absolute Gasteiger partial charge is 0.282 e. The summed E-state index contributed by atoms with van der Waals surface area (Å²) in [4.78, 5) is 22.9. The highest BCUT2D eigenvalue weighted by Gasteiger charge is 2.46. The van der Waals surface area contributed by atoms with Crippen molar-refractivity contribution < 1.29 is 13.6 Å². The first kappa shape index (κ1) is 22.7. The lowest BCUT2D eigenvalue weighted by Crippen LogP contribution is -2.58. The van der Waals surface area contributed by atoms with Crippen molar-refractivity contribution in [1.29, 1.82) is 0 Å². The van der Waals surface area contributed by atoms with Crippen LogP contribution in [0.2, 0.25) is 0 Å². The molecule has 5 aromatic rings. The summed E-state index contributed by atoms with van der Waals surface area (Å²) in [7, 11) is 1.75. The van der Waals surface area contributed by atoms with Crippen LogP contribution in [0.1, 0.15) is 10.5 Å². The van der Waals surface area contributed by atoms with Gasteiger partial charge in [-0.15, -0.1) is 0 Å². The number of halogens is 2. The number of benzene rings is 2. The predicted octanol–water partition coefficient (Wildman–Crippen LogP) is 4.44. The number of nitrogens with two attached hydrogens (primary N) is 1. The average molecular weight is 501 g/mol. The Hall–Kier alpha value is -4.80. The number of nitrogens with one attached hydrogen (secondary N) is 2. The molecule has 1 fully saturated rings. The molecule has 1 amide bonds. The van der Waals surface area contributed by atoms with E-state index in [9.17, 15) is 13.6 Å². The van der Waals surface area contributed by atoms with Crippen molar-refractivity contribution in [2.75, 3.05) is 24.1 Å². The van der Waals surface area contributed by atoms with Gasteiger partial charge in [0.1, 0.15) is 17.3 Å². The number of carbonyl (C=O) groups excluding carboxylic acids is 1. The van der Waals surface area contributed by atoms with Crippen molar-refractivity contribution >= 4 is 34.1 Å². The van der Waals surface area contributed by atoms with Crippen LogP contribution in [0.5, 0.6) is 0 Å². The lowest BCUT2D eigenvalue weighted by Gasteiger charge is -2.38. The number of carbonyl (C=O) groups is 1. The molecule has 11 heteroatoms. The highest BCUT2D eigenvalue weighted by Crippen LogP contribution is 2.31. The van der Waals surface area contributed by atoms with Gasteiger partial charge < -0.3 is 20.5 Å². The minimum absolute atomic E-state index is 0.361. The zero-order chi connectivity index (χ0) is 25.7. The number of likely N-dealkylation sites (tertiary alicyclic amines) is 1. The van der Waals surface area contributed by atoms with Crippen LogP contribution in [0.4, 0.5) is 26.1 Å². The molecule has 6 rings (SSSR count). The van der Waals surface area contributed by atoms with Crippen molar-refractivity contribution in [2.45, 2.75) is 5.92 Å². The Bertz CT molecular complexity index is 1630. The van der Waals surface area contributed by atoms with Gasteiger partial charge in [0.25, 0.3) is 11.8 Å². The Morgan fingerprint density at radius 1 is 1.08 bits per heavy atom. The Labute approximate surface area is 210 Å². The van der Waals surface area contributed by atoms with E-state index in [1.807, 2.05) is 42.5 Å². The van der Waals surface area contributed by atoms with Gasteiger partial charge in [0.2, 0.25) is 0 Å². The number of amides is 1. The van der Waals surface area contributed by atoms with Crippen LogP contribution < -0.4 is 11.1 Å². The van der Waals surface area contributed by atoms with Crippen molar-refractivity contribution in [3.05, 3.63) is 72.7 Å². The average Bonchev–Trinajstić information content (AvgIpc) is 3.45. The van der Waals surface area contributed by atoms with Gasteiger partial charge in [0.15, 0.2) is 5.82 Å². The van der Waals surface area contributed by atoms with Crippen LogP contribution in [0.3, 0.4) is 0 Å². The number of fused-ring (bicyclic) bond motifs is 1. The first-order chi connectivity index (χ1) is 17.8. The Kier molecular flexibility index (Phi) is 5.14. The van der Waals surface area contributed by atoms with E-state index in [2.05, 4.69) is 25.5 Å². The summed E-state index contributed by atoms with van der Waals surface area (Å²) < 4.78 is 28.2. The van der Waals surface area contributed by atoms with E-state index in [0.717, 1.165) is 38.2 Å². The highest BCUT2D eigenvalue weighted by molar-refractivity contribution is 6.00. The van der Waals surface area contributed by atoms with Gasteiger partial charge in [-0.25, -0.2) is 18.7 Å². The van der Waals surface area contributed by atoms with E-state index in [-0.39, 0.29) is 0 Å². The third-order valence-corrected chi connectivity index (χ3v) is 6.45. The molecule has 0 radical (unpaired) electrons. The number of aromatic amines is 1. The van der Waals surface area contributed by atoms with Crippen LogP contribution in [0.25, 0.3) is 33.4 Å². The lowest BCUT2D eigenvalue weighted by molar-refractivity contribution is -0.113. The van der Waals surface area contributed by atoms with E-state index in [4.69, 9.17) is 5.73 Å². The van der Waals surface area contributed by atoms with Gasteiger partial charge >= 0.3 is 0 Å². The molecule has 0 saturated carbocycles. The zero-order valence-electron chi connectivity index (χ0n) is 19.7. The van der Waals surface area contributed by atoms with E-state index in [1.54, 1.807) is 36.1 Å². The number of hydrogen-bond acceptors (Lipinski definition) is 6. The topological polar surface area (TPSA) is 118 Å². The van der Waals surface area contributed by atoms with E-state index < -0.39 is 24.9 Å². The van der Waals surface area contributed by atoms with E-state index in [0.29, 0.717) is 23.2 Å². The molecule has 0 unspecified atom stereocenters. The maximum atomic E-state index is 13.2. The van der Waals surface area contributed by atoms with Gasteiger partial charge in [-0.2, -0.15) is 5.10 Å². The molecule has 4 N–H and O–H groups in total. The Morgan fingerprint density at radius 3 is 2.54 bits per heavy atom. The molecule has 1 aliphatic rings.